The van der Waals surface area contributed by atoms with Gasteiger partial charge >= 0.3 is 6.03 Å². The Balaban J connectivity index is 1.20. The van der Waals surface area contributed by atoms with Gasteiger partial charge in [0.25, 0.3) is 17.7 Å². The molecule has 2 aliphatic rings. The maximum absolute atomic E-state index is 13.3. The fourth-order valence-electron chi connectivity index (χ4n) is 5.49. The average molecular weight is 535 g/mol. The van der Waals surface area contributed by atoms with Gasteiger partial charge in [0.05, 0.1) is 18.1 Å². The summed E-state index contributed by atoms with van der Waals surface area (Å²) in [5.41, 5.74) is 3.40. The van der Waals surface area contributed by atoms with Crippen molar-refractivity contribution in [3.05, 3.63) is 107 Å². The first-order chi connectivity index (χ1) is 19.3. The van der Waals surface area contributed by atoms with Gasteiger partial charge in [0.1, 0.15) is 0 Å². The highest BCUT2D eigenvalue weighted by molar-refractivity contribution is 6.09. The Bertz CT molecular complexity index is 1660. The summed E-state index contributed by atoms with van der Waals surface area (Å²) in [7, 11) is 0. The molecule has 4 heterocycles. The van der Waals surface area contributed by atoms with Gasteiger partial charge in [-0.15, -0.1) is 0 Å². The molecule has 2 atom stereocenters. The van der Waals surface area contributed by atoms with Crippen LogP contribution in [0.1, 0.15) is 37.5 Å². The van der Waals surface area contributed by atoms with E-state index in [4.69, 9.17) is 0 Å². The van der Waals surface area contributed by atoms with E-state index >= 15 is 0 Å². The molecule has 2 unspecified atom stereocenters. The molecule has 1 spiro atoms. The summed E-state index contributed by atoms with van der Waals surface area (Å²) in [5.74, 6) is -1.31. The molecule has 10 nitrogen and oxygen atoms in total. The number of aromatic nitrogens is 2. The Morgan fingerprint density at radius 2 is 1.77 bits per heavy atom. The predicted molar refractivity (Wildman–Crippen MR) is 147 cm³/mol. The molecule has 4 aromatic rings. The van der Waals surface area contributed by atoms with E-state index in [1.165, 1.54) is 17.3 Å². The van der Waals surface area contributed by atoms with E-state index in [2.05, 4.69) is 38.1 Å². The van der Waals surface area contributed by atoms with Crippen LogP contribution in [0.4, 0.5) is 4.79 Å². The van der Waals surface area contributed by atoms with Crippen molar-refractivity contribution < 1.29 is 19.2 Å². The second kappa shape index (κ2) is 9.88. The van der Waals surface area contributed by atoms with E-state index in [1.807, 2.05) is 37.3 Å². The van der Waals surface area contributed by atoms with Gasteiger partial charge in [-0.25, -0.2) is 4.79 Å². The smallest absolute Gasteiger partial charge is 0.322 e. The Morgan fingerprint density at radius 3 is 2.50 bits per heavy atom. The monoisotopic (exact) mass is 534 g/mol. The normalized spacial score (nSPS) is 20.0. The summed E-state index contributed by atoms with van der Waals surface area (Å²) in [6, 6.07) is 19.0. The molecule has 40 heavy (non-hydrogen) atoms. The number of nitrogens with zero attached hydrogens (tertiary/aromatic N) is 3. The summed E-state index contributed by atoms with van der Waals surface area (Å²) in [6.07, 6.45) is 3.69. The average Bonchev–Trinajstić information content (AvgIpc) is 3.46. The Labute approximate surface area is 229 Å². The van der Waals surface area contributed by atoms with Crippen molar-refractivity contribution in [1.82, 2.24) is 30.8 Å². The number of para-hydroxylation sites is 1. The van der Waals surface area contributed by atoms with E-state index in [-0.39, 0.29) is 19.0 Å². The number of nitrogens with one attached hydrogen (secondary N) is 3. The Morgan fingerprint density at radius 1 is 1.02 bits per heavy atom. The van der Waals surface area contributed by atoms with Crippen LogP contribution < -0.4 is 16.0 Å². The van der Waals surface area contributed by atoms with E-state index in [1.54, 1.807) is 24.3 Å². The fraction of sp³-hybridized carbons (Fsp3) is 0.200. The lowest BCUT2D eigenvalue weighted by Gasteiger charge is -2.27. The second-order valence-electron chi connectivity index (χ2n) is 10.1. The molecule has 0 saturated carbocycles. The lowest BCUT2D eigenvalue weighted by Crippen LogP contribution is -2.62. The molecule has 10 heteroatoms. The van der Waals surface area contributed by atoms with Gasteiger partial charge < -0.3 is 15.5 Å². The van der Waals surface area contributed by atoms with Crippen molar-refractivity contribution in [1.29, 1.82) is 0 Å². The first-order valence-corrected chi connectivity index (χ1v) is 12.9. The van der Waals surface area contributed by atoms with Crippen molar-refractivity contribution in [2.75, 3.05) is 13.1 Å². The van der Waals surface area contributed by atoms with Crippen molar-refractivity contribution in [3.63, 3.8) is 0 Å². The molecule has 3 N–H and O–H groups in total. The zero-order chi connectivity index (χ0) is 27.9. The van der Waals surface area contributed by atoms with Crippen LogP contribution in [0.15, 0.2) is 79.1 Å². The summed E-state index contributed by atoms with van der Waals surface area (Å²) >= 11 is 0. The number of amides is 5. The van der Waals surface area contributed by atoms with Gasteiger partial charge in [0.15, 0.2) is 5.54 Å². The number of benzene rings is 2. The molecule has 0 bridgehead atoms. The number of fused-ring (bicyclic) bond motifs is 1. The third-order valence-electron chi connectivity index (χ3n) is 7.47. The van der Waals surface area contributed by atoms with Crippen molar-refractivity contribution in [2.24, 2.45) is 0 Å². The lowest BCUT2D eigenvalue weighted by molar-refractivity contribution is -0.124. The van der Waals surface area contributed by atoms with Crippen LogP contribution in [0.3, 0.4) is 0 Å². The highest BCUT2D eigenvalue weighted by Gasteiger charge is 2.58. The van der Waals surface area contributed by atoms with Crippen LogP contribution in [0.2, 0.25) is 0 Å². The van der Waals surface area contributed by atoms with Crippen LogP contribution in [0, 0.1) is 6.92 Å². The molecule has 5 amide bonds. The first-order valence-electron chi connectivity index (χ1n) is 12.9. The summed E-state index contributed by atoms with van der Waals surface area (Å²) < 4.78 is 0. The lowest BCUT2D eigenvalue weighted by atomic mass is 9.93. The topological polar surface area (TPSA) is 133 Å². The van der Waals surface area contributed by atoms with Crippen molar-refractivity contribution in [3.8, 4) is 0 Å². The number of hydrogen-bond acceptors (Lipinski definition) is 6. The minimum absolute atomic E-state index is 0.0488. The molecule has 2 aromatic carbocycles. The highest BCUT2D eigenvalue weighted by Crippen LogP contribution is 2.27. The molecule has 2 aromatic heterocycles. The van der Waals surface area contributed by atoms with Gasteiger partial charge in [-0.3, -0.25) is 29.7 Å². The quantitative estimate of drug-likeness (QED) is 0.337. The summed E-state index contributed by atoms with van der Waals surface area (Å²) in [5, 5.41) is 8.87. The van der Waals surface area contributed by atoms with Crippen LogP contribution in [0.25, 0.3) is 10.9 Å². The Hall–Kier alpha value is -5.12. The zero-order valence-corrected chi connectivity index (χ0v) is 21.7. The van der Waals surface area contributed by atoms with E-state index in [0.29, 0.717) is 17.5 Å². The third-order valence-corrected chi connectivity index (χ3v) is 7.47. The van der Waals surface area contributed by atoms with Gasteiger partial charge in [-0.2, -0.15) is 0 Å². The number of rotatable bonds is 5. The van der Waals surface area contributed by atoms with E-state index in [9.17, 15) is 19.2 Å². The molecule has 0 aliphatic carbocycles. The van der Waals surface area contributed by atoms with Gasteiger partial charge in [-0.05, 0) is 60.9 Å². The van der Waals surface area contributed by atoms with Crippen LogP contribution in [0.5, 0.6) is 0 Å². The molecule has 2 aliphatic heterocycles. The Kier molecular flexibility index (Phi) is 6.22. The number of hydrogen-bond donors (Lipinski definition) is 3. The predicted octanol–water partition coefficient (Wildman–Crippen LogP) is 2.36. The number of imide groups is 1. The first kappa shape index (κ1) is 25.2. The fourth-order valence-corrected chi connectivity index (χ4v) is 5.49. The SMILES string of the molecule is Cc1cc(Cc2ccc(C(=O)NC3CN(C(=O)c4ccncc4)CC34NC(=O)NC4=O)cc2)c2ccccc2n1. The third kappa shape index (κ3) is 4.53. The highest BCUT2D eigenvalue weighted by atomic mass is 16.2. The van der Waals surface area contributed by atoms with Crippen LogP contribution in [-0.4, -0.2) is 63.3 Å². The molecule has 200 valence electrons. The largest absolute Gasteiger partial charge is 0.345 e. The number of carbonyl (C=O) groups excluding carboxylic acids is 4. The minimum atomic E-state index is -1.46. The van der Waals surface area contributed by atoms with E-state index in [0.717, 1.165) is 27.7 Å². The zero-order valence-electron chi connectivity index (χ0n) is 21.7. The minimum Gasteiger partial charge on any atom is -0.345 e. The second-order valence-corrected chi connectivity index (χ2v) is 10.1. The molecule has 2 fully saturated rings. The van der Waals surface area contributed by atoms with Crippen molar-refractivity contribution in [2.45, 2.75) is 24.9 Å². The number of urea groups is 1. The standard InChI is InChI=1S/C30H26N6O4/c1-18-14-22(23-4-2-3-5-24(23)32-18)15-19-6-8-20(9-7-19)26(37)33-25-16-36(27(38)21-10-12-31-13-11-21)17-30(25)28(39)34-29(40)35-30/h2-14,25H,15-17H2,1H3,(H,33,37)(H2,34,35,39,40). The molecule has 2 saturated heterocycles. The molecule has 6 rings (SSSR count). The van der Waals surface area contributed by atoms with Gasteiger partial charge in [0, 0.05) is 41.1 Å². The number of likely N-dealkylation sites (tertiary alicyclic amines) is 1. The number of carbonyl (C=O) groups is 4. The number of pyridine rings is 2. The summed E-state index contributed by atoms with van der Waals surface area (Å²) in [4.78, 5) is 61.3. The maximum atomic E-state index is 13.3. The molecular formula is C30H26N6O4. The van der Waals surface area contributed by atoms with Crippen LogP contribution in [-0.2, 0) is 11.2 Å². The number of aryl methyl sites for hydroxylation is 1. The van der Waals surface area contributed by atoms with E-state index < -0.39 is 29.4 Å². The molecule has 0 radical (unpaired) electrons. The molecular weight excluding hydrogens is 508 g/mol. The van der Waals surface area contributed by atoms with Crippen molar-refractivity contribution >= 4 is 34.7 Å². The van der Waals surface area contributed by atoms with Gasteiger partial charge in [0.2, 0.25) is 0 Å². The summed E-state index contributed by atoms with van der Waals surface area (Å²) in [6.45, 7) is 1.94. The van der Waals surface area contributed by atoms with Gasteiger partial charge in [-0.1, -0.05) is 30.3 Å². The van der Waals surface area contributed by atoms with Crippen LogP contribution >= 0.6 is 0 Å². The maximum Gasteiger partial charge on any atom is 0.322 e.